The third-order valence-electron chi connectivity index (χ3n) is 4.41. The maximum Gasteiger partial charge on any atom is 0.417 e. The molecule has 2 aliphatic carbocycles. The zero-order chi connectivity index (χ0) is 17.3. The van der Waals surface area contributed by atoms with Crippen molar-refractivity contribution in [1.82, 2.24) is 9.88 Å². The van der Waals surface area contributed by atoms with Gasteiger partial charge in [-0.25, -0.2) is 4.98 Å². The molecule has 2 fully saturated rings. The van der Waals surface area contributed by atoms with Gasteiger partial charge < -0.3 is 4.90 Å². The maximum absolute atomic E-state index is 12.6. The summed E-state index contributed by atoms with van der Waals surface area (Å²) in [5, 5.41) is 0.196. The van der Waals surface area contributed by atoms with Crippen LogP contribution >= 0.6 is 23.4 Å². The van der Waals surface area contributed by atoms with Gasteiger partial charge in [-0.1, -0.05) is 36.2 Å². The second kappa shape index (κ2) is 7.12. The van der Waals surface area contributed by atoms with Crippen LogP contribution in [0.4, 0.5) is 13.2 Å². The Bertz CT molecular complexity index is 616. The van der Waals surface area contributed by atoms with Crippen LogP contribution in [0.1, 0.15) is 44.1 Å². The fourth-order valence-electron chi connectivity index (χ4n) is 3.13. The van der Waals surface area contributed by atoms with E-state index in [1.165, 1.54) is 0 Å². The normalized spacial score (nSPS) is 18.8. The topological polar surface area (TPSA) is 33.2 Å². The fourth-order valence-corrected chi connectivity index (χ4v) is 4.20. The number of pyridine rings is 1. The summed E-state index contributed by atoms with van der Waals surface area (Å²) in [4.78, 5) is 18.3. The van der Waals surface area contributed by atoms with Crippen molar-refractivity contribution in [2.45, 2.75) is 61.8 Å². The second-order valence-electron chi connectivity index (χ2n) is 6.27. The molecule has 0 radical (unpaired) electrons. The number of alkyl halides is 3. The Kier molecular flexibility index (Phi) is 5.30. The monoisotopic (exact) mass is 378 g/mol. The Balaban J connectivity index is 1.63. The summed E-state index contributed by atoms with van der Waals surface area (Å²) in [5.74, 6) is 0.192. The Morgan fingerprint density at radius 2 is 1.88 bits per heavy atom. The molecule has 24 heavy (non-hydrogen) atoms. The number of hydrogen-bond acceptors (Lipinski definition) is 3. The molecule has 3 nitrogen and oxygen atoms in total. The summed E-state index contributed by atoms with van der Waals surface area (Å²) >= 11 is 7.00. The number of amides is 1. The molecular weight excluding hydrogens is 361 g/mol. The number of hydrogen-bond donors (Lipinski definition) is 0. The first kappa shape index (κ1) is 17.9. The summed E-state index contributed by atoms with van der Waals surface area (Å²) in [7, 11) is 0. The molecule has 0 saturated heterocycles. The van der Waals surface area contributed by atoms with Gasteiger partial charge in [0.15, 0.2) is 0 Å². The van der Waals surface area contributed by atoms with E-state index in [4.69, 9.17) is 11.6 Å². The summed E-state index contributed by atoms with van der Waals surface area (Å²) in [5.41, 5.74) is -0.881. The first-order chi connectivity index (χ1) is 11.4. The molecule has 0 unspecified atom stereocenters. The van der Waals surface area contributed by atoms with Crippen molar-refractivity contribution in [3.05, 3.63) is 22.8 Å². The Morgan fingerprint density at radius 1 is 1.25 bits per heavy atom. The predicted octanol–water partition coefficient (Wildman–Crippen LogP) is 4.78. The molecule has 0 aliphatic heterocycles. The highest BCUT2D eigenvalue weighted by molar-refractivity contribution is 8.00. The van der Waals surface area contributed by atoms with Crippen LogP contribution in [0.2, 0.25) is 5.02 Å². The second-order valence-corrected chi connectivity index (χ2v) is 7.64. The molecule has 8 heteroatoms. The van der Waals surface area contributed by atoms with Crippen molar-refractivity contribution in [3.8, 4) is 0 Å². The van der Waals surface area contributed by atoms with Gasteiger partial charge >= 0.3 is 6.18 Å². The average Bonchev–Trinajstić information content (AvgIpc) is 3.19. The van der Waals surface area contributed by atoms with E-state index in [1.54, 1.807) is 0 Å². The Hall–Kier alpha value is -0.950. The highest BCUT2D eigenvalue weighted by Gasteiger charge is 2.38. The quantitative estimate of drug-likeness (QED) is 0.691. The van der Waals surface area contributed by atoms with Crippen LogP contribution in [0.25, 0.3) is 0 Å². The molecule has 0 N–H and O–H groups in total. The lowest BCUT2D eigenvalue weighted by atomic mass is 10.2. The number of halogens is 4. The van der Waals surface area contributed by atoms with E-state index in [0.717, 1.165) is 62.6 Å². The van der Waals surface area contributed by atoms with Gasteiger partial charge in [-0.15, -0.1) is 0 Å². The molecule has 0 aromatic carbocycles. The molecule has 1 aromatic heterocycles. The van der Waals surface area contributed by atoms with Gasteiger partial charge in [-0.2, -0.15) is 13.2 Å². The lowest BCUT2D eigenvalue weighted by Crippen LogP contribution is -2.41. The van der Waals surface area contributed by atoms with Crippen molar-refractivity contribution in [1.29, 1.82) is 0 Å². The van der Waals surface area contributed by atoms with E-state index in [2.05, 4.69) is 4.98 Å². The van der Waals surface area contributed by atoms with Crippen molar-refractivity contribution in [2.75, 3.05) is 5.75 Å². The smallest absolute Gasteiger partial charge is 0.336 e. The SMILES string of the molecule is O=C(CSc1ncc(C(F)(F)F)cc1Cl)N(C1CCCC1)C1CC1. The van der Waals surface area contributed by atoms with Crippen LogP contribution in [-0.4, -0.2) is 33.6 Å². The van der Waals surface area contributed by atoms with Crippen LogP contribution in [0.15, 0.2) is 17.3 Å². The molecule has 1 amide bonds. The number of carbonyl (C=O) groups is 1. The molecule has 2 saturated carbocycles. The van der Waals surface area contributed by atoms with E-state index in [1.807, 2.05) is 4.90 Å². The van der Waals surface area contributed by atoms with E-state index in [-0.39, 0.29) is 21.7 Å². The van der Waals surface area contributed by atoms with E-state index in [9.17, 15) is 18.0 Å². The van der Waals surface area contributed by atoms with Gasteiger partial charge in [0.2, 0.25) is 5.91 Å². The number of rotatable bonds is 5. The molecule has 0 bridgehead atoms. The molecule has 2 aliphatic rings. The van der Waals surface area contributed by atoms with Gasteiger partial charge in [0, 0.05) is 18.3 Å². The van der Waals surface area contributed by atoms with Crippen LogP contribution in [-0.2, 0) is 11.0 Å². The third kappa shape index (κ3) is 4.17. The number of carbonyl (C=O) groups excluding carboxylic acids is 1. The maximum atomic E-state index is 12.6. The van der Waals surface area contributed by atoms with Gasteiger partial charge in [0.05, 0.1) is 16.3 Å². The Labute approximate surface area is 147 Å². The molecule has 3 rings (SSSR count). The number of nitrogens with zero attached hydrogens (tertiary/aromatic N) is 2. The highest BCUT2D eigenvalue weighted by atomic mass is 35.5. The predicted molar refractivity (Wildman–Crippen MR) is 87.1 cm³/mol. The molecule has 132 valence electrons. The van der Waals surface area contributed by atoms with Crippen molar-refractivity contribution in [3.63, 3.8) is 0 Å². The molecule has 0 spiro atoms. The molecule has 0 atom stereocenters. The van der Waals surface area contributed by atoms with Gasteiger partial charge in [0.1, 0.15) is 5.03 Å². The lowest BCUT2D eigenvalue weighted by Gasteiger charge is -2.29. The van der Waals surface area contributed by atoms with E-state index < -0.39 is 11.7 Å². The largest absolute Gasteiger partial charge is 0.417 e. The minimum atomic E-state index is -4.47. The number of thioether (sulfide) groups is 1. The first-order valence-corrected chi connectivity index (χ1v) is 9.39. The van der Waals surface area contributed by atoms with Crippen molar-refractivity contribution >= 4 is 29.3 Å². The highest BCUT2D eigenvalue weighted by Crippen LogP contribution is 2.36. The van der Waals surface area contributed by atoms with Crippen LogP contribution in [0.3, 0.4) is 0 Å². The average molecular weight is 379 g/mol. The zero-order valence-electron chi connectivity index (χ0n) is 13.0. The fraction of sp³-hybridized carbons (Fsp3) is 0.625. The summed E-state index contributed by atoms with van der Waals surface area (Å²) < 4.78 is 37.9. The summed E-state index contributed by atoms with van der Waals surface area (Å²) in [6.45, 7) is 0. The van der Waals surface area contributed by atoms with E-state index >= 15 is 0 Å². The standard InChI is InChI=1S/C16H18ClF3N2OS/c17-13-7-10(16(18,19)20)8-21-15(13)24-9-14(23)22(12-5-6-12)11-3-1-2-4-11/h7-8,11-12H,1-6,9H2. The minimum absolute atomic E-state index is 0.0344. The van der Waals surface area contributed by atoms with Crippen LogP contribution in [0.5, 0.6) is 0 Å². The molecule has 1 aromatic rings. The van der Waals surface area contributed by atoms with Crippen LogP contribution < -0.4 is 0 Å². The molecule has 1 heterocycles. The van der Waals surface area contributed by atoms with Crippen molar-refractivity contribution < 1.29 is 18.0 Å². The zero-order valence-corrected chi connectivity index (χ0v) is 14.6. The van der Waals surface area contributed by atoms with Crippen molar-refractivity contribution in [2.24, 2.45) is 0 Å². The number of aromatic nitrogens is 1. The van der Waals surface area contributed by atoms with E-state index in [0.29, 0.717) is 12.1 Å². The van der Waals surface area contributed by atoms with Gasteiger partial charge in [-0.3, -0.25) is 4.79 Å². The van der Waals surface area contributed by atoms with Crippen LogP contribution in [0, 0.1) is 0 Å². The lowest BCUT2D eigenvalue weighted by molar-refractivity contribution is -0.138. The first-order valence-electron chi connectivity index (χ1n) is 8.03. The molecular formula is C16H18ClF3N2OS. The minimum Gasteiger partial charge on any atom is -0.336 e. The van der Waals surface area contributed by atoms with Gasteiger partial charge in [-0.05, 0) is 31.7 Å². The summed E-state index contributed by atoms with van der Waals surface area (Å²) in [6, 6.07) is 1.52. The Morgan fingerprint density at radius 3 is 2.42 bits per heavy atom. The summed E-state index contributed by atoms with van der Waals surface area (Å²) in [6.07, 6.45) is 2.78. The third-order valence-corrected chi connectivity index (χ3v) is 5.80. The van der Waals surface area contributed by atoms with Gasteiger partial charge in [0.25, 0.3) is 0 Å².